The fraction of sp³-hybridized carbons (Fsp3) is 0.409. The Kier molecular flexibility index (Phi) is 6.48. The number of aryl methyl sites for hydroxylation is 3. The maximum Gasteiger partial charge on any atom is 0.193 e. The number of morpholine rings is 1. The molecule has 0 spiro atoms. The average molecular weight is 367 g/mol. The van der Waals surface area contributed by atoms with Gasteiger partial charge >= 0.3 is 0 Å². The van der Waals surface area contributed by atoms with Gasteiger partial charge in [-0.3, -0.25) is 9.89 Å². The van der Waals surface area contributed by atoms with Crippen LogP contribution in [0.1, 0.15) is 28.3 Å². The van der Waals surface area contributed by atoms with Crippen LogP contribution in [0.25, 0.3) is 0 Å². The third kappa shape index (κ3) is 5.55. The normalized spacial score (nSPS) is 16.9. The number of nitrogens with zero attached hydrogens (tertiary/aromatic N) is 2. The van der Waals surface area contributed by atoms with Crippen LogP contribution in [-0.2, 0) is 4.74 Å². The van der Waals surface area contributed by atoms with E-state index in [2.05, 4.69) is 78.4 Å². The lowest BCUT2D eigenvalue weighted by Crippen LogP contribution is -2.40. The summed E-state index contributed by atoms with van der Waals surface area (Å²) in [6.45, 7) is 10.3. The molecule has 5 nitrogen and oxygen atoms in total. The van der Waals surface area contributed by atoms with Crippen LogP contribution < -0.4 is 11.1 Å². The predicted octanol–water partition coefficient (Wildman–Crippen LogP) is 3.41. The van der Waals surface area contributed by atoms with Crippen molar-refractivity contribution in [3.05, 3.63) is 64.7 Å². The summed E-state index contributed by atoms with van der Waals surface area (Å²) in [5.74, 6) is 0.450. The zero-order valence-corrected chi connectivity index (χ0v) is 16.5. The van der Waals surface area contributed by atoms with E-state index in [-0.39, 0.29) is 6.04 Å². The number of hydrogen-bond acceptors (Lipinski definition) is 3. The predicted molar refractivity (Wildman–Crippen MR) is 112 cm³/mol. The van der Waals surface area contributed by atoms with Crippen LogP contribution in [0.5, 0.6) is 0 Å². The second kappa shape index (κ2) is 9.02. The number of nitrogens with two attached hydrogens (primary N) is 1. The number of anilines is 1. The van der Waals surface area contributed by atoms with Gasteiger partial charge in [0.05, 0.1) is 25.8 Å². The summed E-state index contributed by atoms with van der Waals surface area (Å²) in [5.41, 5.74) is 12.1. The van der Waals surface area contributed by atoms with E-state index >= 15 is 0 Å². The van der Waals surface area contributed by atoms with Crippen LogP contribution in [0.15, 0.2) is 47.5 Å². The van der Waals surface area contributed by atoms with Gasteiger partial charge in [-0.25, -0.2) is 0 Å². The van der Waals surface area contributed by atoms with Gasteiger partial charge in [-0.2, -0.15) is 0 Å². The quantitative estimate of drug-likeness (QED) is 0.629. The van der Waals surface area contributed by atoms with Crippen molar-refractivity contribution in [1.29, 1.82) is 0 Å². The fourth-order valence-electron chi connectivity index (χ4n) is 3.62. The average Bonchev–Trinajstić information content (AvgIpc) is 2.62. The zero-order chi connectivity index (χ0) is 19.2. The molecule has 0 bridgehead atoms. The second-order valence-electron chi connectivity index (χ2n) is 7.31. The highest BCUT2D eigenvalue weighted by Gasteiger charge is 2.22. The van der Waals surface area contributed by atoms with Crippen LogP contribution in [0.3, 0.4) is 0 Å². The highest BCUT2D eigenvalue weighted by Crippen LogP contribution is 2.23. The third-order valence-corrected chi connectivity index (χ3v) is 4.84. The summed E-state index contributed by atoms with van der Waals surface area (Å²) in [5, 5.41) is 3.23. The standard InChI is InChI=1S/C22H30N4O/c1-16-5-4-6-19(12-16)21(26-7-9-27-10-8-26)15-24-22(23)25-20-13-17(2)11-18(3)14-20/h4-6,11-14,21H,7-10,15H2,1-3H3,(H3,23,24,25). The molecule has 0 radical (unpaired) electrons. The zero-order valence-electron chi connectivity index (χ0n) is 16.5. The highest BCUT2D eigenvalue weighted by molar-refractivity contribution is 5.92. The van der Waals surface area contributed by atoms with Gasteiger partial charge in [0.2, 0.25) is 0 Å². The van der Waals surface area contributed by atoms with Crippen molar-refractivity contribution in [2.45, 2.75) is 26.8 Å². The van der Waals surface area contributed by atoms with E-state index in [1.54, 1.807) is 0 Å². The number of guanidine groups is 1. The molecule has 27 heavy (non-hydrogen) atoms. The molecule has 5 heteroatoms. The van der Waals surface area contributed by atoms with Gasteiger partial charge < -0.3 is 15.8 Å². The lowest BCUT2D eigenvalue weighted by Gasteiger charge is -2.34. The lowest BCUT2D eigenvalue weighted by atomic mass is 10.0. The molecule has 1 aliphatic heterocycles. The van der Waals surface area contributed by atoms with Gasteiger partial charge in [-0.15, -0.1) is 0 Å². The summed E-state index contributed by atoms with van der Waals surface area (Å²) in [7, 11) is 0. The molecule has 0 amide bonds. The van der Waals surface area contributed by atoms with Gasteiger partial charge in [0.25, 0.3) is 0 Å². The number of hydrogen-bond donors (Lipinski definition) is 2. The minimum absolute atomic E-state index is 0.202. The molecule has 1 atom stereocenters. The Bertz CT molecular complexity index is 776. The topological polar surface area (TPSA) is 62.9 Å². The van der Waals surface area contributed by atoms with Crippen molar-refractivity contribution in [3.8, 4) is 0 Å². The SMILES string of the molecule is Cc1cc(C)cc(NC(N)=NCC(c2cccc(C)c2)N2CCOCC2)c1. The van der Waals surface area contributed by atoms with Gasteiger partial charge in [-0.05, 0) is 49.6 Å². The third-order valence-electron chi connectivity index (χ3n) is 4.84. The van der Waals surface area contributed by atoms with Crippen molar-refractivity contribution < 1.29 is 4.74 Å². The van der Waals surface area contributed by atoms with Gasteiger partial charge in [-0.1, -0.05) is 35.9 Å². The summed E-state index contributed by atoms with van der Waals surface area (Å²) >= 11 is 0. The Morgan fingerprint density at radius 1 is 1.07 bits per heavy atom. The minimum Gasteiger partial charge on any atom is -0.379 e. The monoisotopic (exact) mass is 366 g/mol. The first-order valence-electron chi connectivity index (χ1n) is 9.55. The van der Waals surface area contributed by atoms with Crippen molar-refractivity contribution in [1.82, 2.24) is 4.90 Å². The Morgan fingerprint density at radius 2 is 1.78 bits per heavy atom. The minimum atomic E-state index is 0.202. The smallest absolute Gasteiger partial charge is 0.193 e. The van der Waals surface area contributed by atoms with E-state index in [4.69, 9.17) is 10.5 Å². The first-order chi connectivity index (χ1) is 13.0. The molecule has 2 aromatic rings. The fourth-order valence-corrected chi connectivity index (χ4v) is 3.62. The Hall–Kier alpha value is -2.37. The molecule has 0 aliphatic carbocycles. The maximum atomic E-state index is 6.19. The molecule has 0 saturated carbocycles. The maximum absolute atomic E-state index is 6.19. The highest BCUT2D eigenvalue weighted by atomic mass is 16.5. The number of benzene rings is 2. The molecule has 1 fully saturated rings. The van der Waals surface area contributed by atoms with Crippen LogP contribution in [0.2, 0.25) is 0 Å². The first-order valence-corrected chi connectivity index (χ1v) is 9.55. The van der Waals surface area contributed by atoms with Crippen LogP contribution in [0.4, 0.5) is 5.69 Å². The summed E-state index contributed by atoms with van der Waals surface area (Å²) < 4.78 is 5.52. The number of rotatable bonds is 5. The lowest BCUT2D eigenvalue weighted by molar-refractivity contribution is 0.0180. The number of ether oxygens (including phenoxy) is 1. The summed E-state index contributed by atoms with van der Waals surface area (Å²) in [6.07, 6.45) is 0. The van der Waals surface area contributed by atoms with E-state index in [9.17, 15) is 0 Å². The Labute approximate surface area is 162 Å². The largest absolute Gasteiger partial charge is 0.379 e. The van der Waals surface area contributed by atoms with Crippen LogP contribution >= 0.6 is 0 Å². The van der Waals surface area contributed by atoms with Crippen molar-refractivity contribution in [3.63, 3.8) is 0 Å². The van der Waals surface area contributed by atoms with E-state index in [1.165, 1.54) is 22.3 Å². The number of nitrogens with one attached hydrogen (secondary N) is 1. The summed E-state index contributed by atoms with van der Waals surface area (Å²) in [6, 6.07) is 15.2. The molecule has 0 aromatic heterocycles. The second-order valence-corrected chi connectivity index (χ2v) is 7.31. The van der Waals surface area contributed by atoms with Gasteiger partial charge in [0.1, 0.15) is 0 Å². The molecule has 1 aliphatic rings. The molecule has 3 N–H and O–H groups in total. The molecule has 1 heterocycles. The van der Waals surface area contributed by atoms with E-state index in [1.807, 2.05) is 0 Å². The molecule has 1 unspecified atom stereocenters. The Morgan fingerprint density at radius 3 is 2.44 bits per heavy atom. The number of aliphatic imine (C=N–C) groups is 1. The molecule has 1 saturated heterocycles. The van der Waals surface area contributed by atoms with Crippen molar-refractivity contribution in [2.75, 3.05) is 38.2 Å². The van der Waals surface area contributed by atoms with Crippen molar-refractivity contribution in [2.24, 2.45) is 10.7 Å². The van der Waals surface area contributed by atoms with Crippen LogP contribution in [0, 0.1) is 20.8 Å². The molecule has 144 valence electrons. The Balaban J connectivity index is 1.75. The van der Waals surface area contributed by atoms with E-state index in [0.29, 0.717) is 12.5 Å². The molecule has 2 aromatic carbocycles. The van der Waals surface area contributed by atoms with E-state index < -0.39 is 0 Å². The molecular formula is C22H30N4O. The molecular weight excluding hydrogens is 336 g/mol. The van der Waals surface area contributed by atoms with Gasteiger partial charge in [0.15, 0.2) is 5.96 Å². The van der Waals surface area contributed by atoms with E-state index in [0.717, 1.165) is 32.0 Å². The molecule has 3 rings (SSSR count). The summed E-state index contributed by atoms with van der Waals surface area (Å²) in [4.78, 5) is 7.10. The first kappa shape index (κ1) is 19.4. The van der Waals surface area contributed by atoms with Crippen LogP contribution in [-0.4, -0.2) is 43.7 Å². The van der Waals surface area contributed by atoms with Crippen molar-refractivity contribution >= 4 is 11.6 Å². The van der Waals surface area contributed by atoms with Gasteiger partial charge in [0, 0.05) is 18.8 Å².